The zero-order chi connectivity index (χ0) is 17.9. The van der Waals surface area contributed by atoms with E-state index in [1.165, 1.54) is 92.1 Å². The second-order valence-electron chi connectivity index (χ2n) is 7.44. The van der Waals surface area contributed by atoms with E-state index in [0.29, 0.717) is 0 Å². The SMILES string of the molecule is CCCCCc1ccc2sc3c4cc(CCCCC)ccc4sc3c2c1. The zero-order valence-corrected chi connectivity index (χ0v) is 17.6. The van der Waals surface area contributed by atoms with E-state index < -0.39 is 0 Å². The summed E-state index contributed by atoms with van der Waals surface area (Å²) in [6, 6.07) is 14.3. The van der Waals surface area contributed by atoms with E-state index in [2.05, 4.69) is 50.2 Å². The van der Waals surface area contributed by atoms with Crippen LogP contribution >= 0.6 is 22.7 Å². The predicted octanol–water partition coefficient (Wildman–Crippen LogP) is 8.73. The topological polar surface area (TPSA) is 0 Å². The predicted molar refractivity (Wildman–Crippen MR) is 121 cm³/mol. The molecule has 2 aromatic heterocycles. The molecule has 2 heterocycles. The Labute approximate surface area is 164 Å². The highest BCUT2D eigenvalue weighted by molar-refractivity contribution is 7.36. The Kier molecular flexibility index (Phi) is 5.61. The van der Waals surface area contributed by atoms with Gasteiger partial charge in [-0.1, -0.05) is 51.7 Å². The molecule has 0 spiro atoms. The molecule has 0 atom stereocenters. The van der Waals surface area contributed by atoms with E-state index in [9.17, 15) is 0 Å². The number of hydrogen-bond donors (Lipinski definition) is 0. The minimum Gasteiger partial charge on any atom is -0.134 e. The number of benzene rings is 2. The molecule has 2 aromatic carbocycles. The van der Waals surface area contributed by atoms with Gasteiger partial charge in [-0.05, 0) is 61.1 Å². The van der Waals surface area contributed by atoms with Crippen molar-refractivity contribution in [2.75, 3.05) is 0 Å². The number of aryl methyl sites for hydroxylation is 2. The minimum atomic E-state index is 1.22. The van der Waals surface area contributed by atoms with Gasteiger partial charge in [-0.2, -0.15) is 0 Å². The highest BCUT2D eigenvalue weighted by Gasteiger charge is 2.13. The summed E-state index contributed by atoms with van der Waals surface area (Å²) in [4.78, 5) is 0. The number of hydrogen-bond acceptors (Lipinski definition) is 2. The van der Waals surface area contributed by atoms with E-state index >= 15 is 0 Å². The van der Waals surface area contributed by atoms with Crippen LogP contribution in [0.4, 0.5) is 0 Å². The maximum absolute atomic E-state index is 2.46. The van der Waals surface area contributed by atoms with Crippen LogP contribution in [-0.2, 0) is 12.8 Å². The van der Waals surface area contributed by atoms with Gasteiger partial charge in [-0.25, -0.2) is 0 Å². The number of thiophene rings is 2. The average molecular weight is 381 g/mol. The van der Waals surface area contributed by atoms with Gasteiger partial charge < -0.3 is 0 Å². The van der Waals surface area contributed by atoms with Gasteiger partial charge in [0.15, 0.2) is 0 Å². The molecule has 0 saturated heterocycles. The van der Waals surface area contributed by atoms with E-state index in [0.717, 1.165) is 0 Å². The lowest BCUT2D eigenvalue weighted by molar-refractivity contribution is 0.718. The van der Waals surface area contributed by atoms with Crippen molar-refractivity contribution >= 4 is 52.2 Å². The average Bonchev–Trinajstić information content (AvgIpc) is 3.18. The van der Waals surface area contributed by atoms with Crippen LogP contribution in [-0.4, -0.2) is 0 Å². The fourth-order valence-electron chi connectivity index (χ4n) is 3.82. The second-order valence-corrected chi connectivity index (χ2v) is 9.54. The van der Waals surface area contributed by atoms with Crippen molar-refractivity contribution in [1.82, 2.24) is 0 Å². The Morgan fingerprint density at radius 1 is 0.615 bits per heavy atom. The fraction of sp³-hybridized carbons (Fsp3) is 0.417. The van der Waals surface area contributed by atoms with Crippen LogP contribution in [0, 0.1) is 0 Å². The lowest BCUT2D eigenvalue weighted by Gasteiger charge is -2.01. The molecular weight excluding hydrogens is 352 g/mol. The Bertz CT molecular complexity index is 935. The lowest BCUT2D eigenvalue weighted by Crippen LogP contribution is -1.84. The molecule has 0 saturated carbocycles. The van der Waals surface area contributed by atoms with Gasteiger partial charge in [0.2, 0.25) is 0 Å². The second kappa shape index (κ2) is 8.10. The molecule has 0 nitrogen and oxygen atoms in total. The normalized spacial score (nSPS) is 11.9. The molecule has 136 valence electrons. The summed E-state index contributed by atoms with van der Waals surface area (Å²) in [5, 5.41) is 2.96. The molecule has 0 radical (unpaired) electrons. The Morgan fingerprint density at radius 2 is 1.08 bits per heavy atom. The molecule has 26 heavy (non-hydrogen) atoms. The third-order valence-corrected chi connectivity index (χ3v) is 7.88. The molecule has 2 heteroatoms. The maximum Gasteiger partial charge on any atom is 0.0542 e. The van der Waals surface area contributed by atoms with E-state index in [-0.39, 0.29) is 0 Å². The molecule has 0 aliphatic heterocycles. The van der Waals surface area contributed by atoms with Gasteiger partial charge in [0, 0.05) is 20.2 Å². The van der Waals surface area contributed by atoms with Crippen molar-refractivity contribution in [3.05, 3.63) is 47.5 Å². The van der Waals surface area contributed by atoms with E-state index in [4.69, 9.17) is 0 Å². The molecular formula is C24H28S2. The van der Waals surface area contributed by atoms with Gasteiger partial charge in [-0.3, -0.25) is 0 Å². The Balaban J connectivity index is 1.71. The summed E-state index contributed by atoms with van der Waals surface area (Å²) in [6.07, 6.45) is 10.3. The first-order valence-corrected chi connectivity index (χ1v) is 11.8. The number of fused-ring (bicyclic) bond motifs is 5. The van der Waals surface area contributed by atoms with Crippen LogP contribution in [0.15, 0.2) is 36.4 Å². The molecule has 0 N–H and O–H groups in total. The van der Waals surface area contributed by atoms with Crippen molar-refractivity contribution < 1.29 is 0 Å². The van der Waals surface area contributed by atoms with Crippen LogP contribution < -0.4 is 0 Å². The van der Waals surface area contributed by atoms with Crippen molar-refractivity contribution in [3.63, 3.8) is 0 Å². The van der Waals surface area contributed by atoms with Gasteiger partial charge in [-0.15, -0.1) is 22.7 Å². The molecule has 0 amide bonds. The van der Waals surface area contributed by atoms with Crippen LogP contribution in [0.3, 0.4) is 0 Å². The summed E-state index contributed by atoms with van der Waals surface area (Å²) < 4.78 is 5.90. The van der Waals surface area contributed by atoms with Crippen LogP contribution in [0.5, 0.6) is 0 Å². The highest BCUT2D eigenvalue weighted by atomic mass is 32.1. The summed E-state index contributed by atoms with van der Waals surface area (Å²) in [6.45, 7) is 4.55. The molecule has 0 fully saturated rings. The quantitative estimate of drug-likeness (QED) is 0.268. The molecule has 4 aromatic rings. The van der Waals surface area contributed by atoms with Gasteiger partial charge in [0.1, 0.15) is 0 Å². The number of unbranched alkanes of at least 4 members (excludes halogenated alkanes) is 4. The van der Waals surface area contributed by atoms with Crippen LogP contribution in [0.1, 0.15) is 63.5 Å². The zero-order valence-electron chi connectivity index (χ0n) is 15.9. The standard InChI is InChI=1S/C24H28S2/c1-3-5-7-9-17-11-13-21-19(15-17)23-24(25-21)20-16-18(10-8-6-4-2)12-14-22(20)26-23/h11-16H,3-10H2,1-2H3. The summed E-state index contributed by atoms with van der Waals surface area (Å²) >= 11 is 3.96. The van der Waals surface area contributed by atoms with Gasteiger partial charge >= 0.3 is 0 Å². The van der Waals surface area contributed by atoms with Gasteiger partial charge in [0.05, 0.1) is 9.40 Å². The van der Waals surface area contributed by atoms with Crippen molar-refractivity contribution in [2.24, 2.45) is 0 Å². The van der Waals surface area contributed by atoms with Crippen molar-refractivity contribution in [2.45, 2.75) is 65.2 Å². The monoisotopic (exact) mass is 380 g/mol. The molecule has 0 unspecified atom stereocenters. The maximum atomic E-state index is 2.46. The van der Waals surface area contributed by atoms with E-state index in [1.807, 2.05) is 22.7 Å². The Hall–Kier alpha value is -1.38. The first kappa shape index (κ1) is 18.0. The fourth-order valence-corrected chi connectivity index (χ4v) is 6.42. The third kappa shape index (κ3) is 3.54. The summed E-state index contributed by atoms with van der Waals surface area (Å²) in [5.74, 6) is 0. The number of rotatable bonds is 8. The Morgan fingerprint density at radius 3 is 1.50 bits per heavy atom. The van der Waals surface area contributed by atoms with Crippen molar-refractivity contribution in [3.8, 4) is 0 Å². The highest BCUT2D eigenvalue weighted by Crippen LogP contribution is 2.44. The third-order valence-electron chi connectivity index (χ3n) is 5.35. The first-order chi connectivity index (χ1) is 12.8. The minimum absolute atomic E-state index is 1.22. The van der Waals surface area contributed by atoms with Crippen LogP contribution in [0.25, 0.3) is 29.6 Å². The smallest absolute Gasteiger partial charge is 0.0542 e. The summed E-state index contributed by atoms with van der Waals surface area (Å²) in [5.41, 5.74) is 3.01. The largest absolute Gasteiger partial charge is 0.134 e. The molecule has 0 bridgehead atoms. The molecule has 0 aliphatic carbocycles. The summed E-state index contributed by atoms with van der Waals surface area (Å²) in [7, 11) is 0. The van der Waals surface area contributed by atoms with Crippen LogP contribution in [0.2, 0.25) is 0 Å². The lowest BCUT2D eigenvalue weighted by atomic mass is 10.0. The molecule has 0 aliphatic rings. The molecule has 4 rings (SSSR count). The van der Waals surface area contributed by atoms with Gasteiger partial charge in [0.25, 0.3) is 0 Å². The first-order valence-electron chi connectivity index (χ1n) is 10.2. The van der Waals surface area contributed by atoms with E-state index in [1.54, 1.807) is 0 Å². The van der Waals surface area contributed by atoms with Crippen molar-refractivity contribution in [1.29, 1.82) is 0 Å².